The number of likely N-dealkylation sites (N-methyl/N-ethyl adjacent to an activating group) is 1. The number of hydrogen-bond donors (Lipinski definition) is 1. The van der Waals surface area contributed by atoms with Gasteiger partial charge in [-0.05, 0) is 48.9 Å². The topological polar surface area (TPSA) is 32.3 Å². The molecule has 2 aromatic rings. The minimum absolute atomic E-state index is 0.0309. The number of nitrogens with one attached hydrogen (secondary N) is 1. The fourth-order valence-electron chi connectivity index (χ4n) is 2.30. The van der Waals surface area contributed by atoms with Crippen molar-refractivity contribution in [3.05, 3.63) is 70.5 Å². The van der Waals surface area contributed by atoms with Crippen LogP contribution in [0.2, 0.25) is 5.02 Å². The maximum Gasteiger partial charge on any atom is 0.234 e. The van der Waals surface area contributed by atoms with E-state index in [1.807, 2.05) is 36.2 Å². The molecule has 2 rings (SSSR count). The Labute approximate surface area is 141 Å². The van der Waals surface area contributed by atoms with Gasteiger partial charge in [-0.2, -0.15) is 0 Å². The molecule has 122 valence electrons. The van der Waals surface area contributed by atoms with Gasteiger partial charge in [0, 0.05) is 18.1 Å². The summed E-state index contributed by atoms with van der Waals surface area (Å²) in [5, 5.41) is 3.59. The Bertz CT molecular complexity index is 646. The number of amides is 1. The van der Waals surface area contributed by atoms with E-state index in [2.05, 4.69) is 5.32 Å². The molecule has 23 heavy (non-hydrogen) atoms. The molecule has 0 radical (unpaired) electrons. The van der Waals surface area contributed by atoms with Crippen LogP contribution in [-0.2, 0) is 17.8 Å². The van der Waals surface area contributed by atoms with Crippen molar-refractivity contribution < 1.29 is 9.18 Å². The lowest BCUT2D eigenvalue weighted by molar-refractivity contribution is -0.122. The molecule has 2 aromatic carbocycles. The molecular weight excluding hydrogens is 315 g/mol. The van der Waals surface area contributed by atoms with Gasteiger partial charge in [0.05, 0.1) is 6.54 Å². The van der Waals surface area contributed by atoms with E-state index in [0.717, 1.165) is 17.5 Å². The van der Waals surface area contributed by atoms with Crippen LogP contribution in [0.1, 0.15) is 11.1 Å². The van der Waals surface area contributed by atoms with Crippen molar-refractivity contribution in [1.82, 2.24) is 10.2 Å². The maximum absolute atomic E-state index is 12.9. The standard InChI is InChI=1S/C18H20ClFN2O/c1-22(12-15-5-7-17(20)8-6-15)13-18(23)21-10-9-14-3-2-4-16(19)11-14/h2-8,11H,9-10,12-13H2,1H3,(H,21,23). The van der Waals surface area contributed by atoms with E-state index < -0.39 is 0 Å². The lowest BCUT2D eigenvalue weighted by Gasteiger charge is -2.16. The summed E-state index contributed by atoms with van der Waals surface area (Å²) in [6.45, 7) is 1.47. The molecule has 1 N–H and O–H groups in total. The smallest absolute Gasteiger partial charge is 0.234 e. The third-order valence-electron chi connectivity index (χ3n) is 3.40. The van der Waals surface area contributed by atoms with Crippen LogP contribution in [0.15, 0.2) is 48.5 Å². The van der Waals surface area contributed by atoms with Crippen LogP contribution in [0.4, 0.5) is 4.39 Å². The van der Waals surface area contributed by atoms with Crippen molar-refractivity contribution >= 4 is 17.5 Å². The first-order chi connectivity index (χ1) is 11.0. The monoisotopic (exact) mass is 334 g/mol. The molecule has 0 atom stereocenters. The van der Waals surface area contributed by atoms with E-state index in [0.29, 0.717) is 24.7 Å². The van der Waals surface area contributed by atoms with E-state index >= 15 is 0 Å². The third-order valence-corrected chi connectivity index (χ3v) is 3.64. The molecule has 0 aliphatic carbocycles. The Hall–Kier alpha value is -1.91. The molecule has 0 heterocycles. The Morgan fingerprint density at radius 2 is 1.91 bits per heavy atom. The molecule has 0 saturated carbocycles. The fourth-order valence-corrected chi connectivity index (χ4v) is 2.51. The summed E-state index contributed by atoms with van der Waals surface area (Å²) in [4.78, 5) is 13.8. The molecule has 0 aliphatic heterocycles. The van der Waals surface area contributed by atoms with Crippen molar-refractivity contribution in [3.63, 3.8) is 0 Å². The fraction of sp³-hybridized carbons (Fsp3) is 0.278. The Balaban J connectivity index is 1.70. The number of benzene rings is 2. The normalized spacial score (nSPS) is 10.8. The van der Waals surface area contributed by atoms with Gasteiger partial charge in [0.1, 0.15) is 5.82 Å². The van der Waals surface area contributed by atoms with E-state index in [1.54, 1.807) is 12.1 Å². The van der Waals surface area contributed by atoms with Crippen LogP contribution in [0, 0.1) is 5.82 Å². The van der Waals surface area contributed by atoms with Gasteiger partial charge in [-0.3, -0.25) is 9.69 Å². The zero-order chi connectivity index (χ0) is 16.7. The molecule has 0 aromatic heterocycles. The first-order valence-corrected chi connectivity index (χ1v) is 7.85. The number of hydrogen-bond acceptors (Lipinski definition) is 2. The van der Waals surface area contributed by atoms with Gasteiger partial charge in [0.25, 0.3) is 0 Å². The molecule has 0 unspecified atom stereocenters. The number of halogens is 2. The SMILES string of the molecule is CN(CC(=O)NCCc1cccc(Cl)c1)Cc1ccc(F)cc1. The van der Waals surface area contributed by atoms with Crippen molar-refractivity contribution in [2.75, 3.05) is 20.1 Å². The number of carbonyl (C=O) groups is 1. The third kappa shape index (κ3) is 6.38. The van der Waals surface area contributed by atoms with Gasteiger partial charge < -0.3 is 5.32 Å². The second kappa shape index (κ2) is 8.65. The van der Waals surface area contributed by atoms with Gasteiger partial charge in [-0.1, -0.05) is 35.9 Å². The number of carbonyl (C=O) groups excluding carboxylic acids is 1. The second-order valence-corrected chi connectivity index (χ2v) is 5.97. The van der Waals surface area contributed by atoms with Gasteiger partial charge in [-0.25, -0.2) is 4.39 Å². The average Bonchev–Trinajstić information content (AvgIpc) is 2.49. The Kier molecular flexibility index (Phi) is 6.56. The minimum atomic E-state index is -0.254. The van der Waals surface area contributed by atoms with Crippen LogP contribution < -0.4 is 5.32 Å². The van der Waals surface area contributed by atoms with Crippen LogP contribution in [0.25, 0.3) is 0 Å². The highest BCUT2D eigenvalue weighted by Crippen LogP contribution is 2.10. The lowest BCUT2D eigenvalue weighted by atomic mass is 10.1. The van der Waals surface area contributed by atoms with E-state index in [9.17, 15) is 9.18 Å². The first-order valence-electron chi connectivity index (χ1n) is 7.47. The summed E-state index contributed by atoms with van der Waals surface area (Å²) in [7, 11) is 1.86. The number of nitrogens with zero attached hydrogens (tertiary/aromatic N) is 1. The quantitative estimate of drug-likeness (QED) is 0.843. The molecule has 0 spiro atoms. The van der Waals surface area contributed by atoms with Crippen LogP contribution >= 0.6 is 11.6 Å². The van der Waals surface area contributed by atoms with Crippen LogP contribution in [0.5, 0.6) is 0 Å². The first kappa shape index (κ1) is 17.4. The summed E-state index contributed by atoms with van der Waals surface area (Å²) < 4.78 is 12.9. The van der Waals surface area contributed by atoms with Gasteiger partial charge >= 0.3 is 0 Å². The zero-order valence-corrected chi connectivity index (χ0v) is 13.8. The molecule has 5 heteroatoms. The highest BCUT2D eigenvalue weighted by molar-refractivity contribution is 6.30. The summed E-state index contributed by atoms with van der Waals surface area (Å²) >= 11 is 5.92. The largest absolute Gasteiger partial charge is 0.355 e. The maximum atomic E-state index is 12.9. The predicted octanol–water partition coefficient (Wildman–Crippen LogP) is 3.27. The molecular formula is C18H20ClFN2O. The van der Waals surface area contributed by atoms with E-state index in [-0.39, 0.29) is 11.7 Å². The van der Waals surface area contributed by atoms with Gasteiger partial charge in [0.2, 0.25) is 5.91 Å². The molecule has 0 saturated heterocycles. The van der Waals surface area contributed by atoms with Gasteiger partial charge in [-0.15, -0.1) is 0 Å². The highest BCUT2D eigenvalue weighted by Gasteiger charge is 2.07. The van der Waals surface area contributed by atoms with E-state index in [4.69, 9.17) is 11.6 Å². The lowest BCUT2D eigenvalue weighted by Crippen LogP contribution is -2.35. The Morgan fingerprint density at radius 1 is 1.17 bits per heavy atom. The highest BCUT2D eigenvalue weighted by atomic mass is 35.5. The summed E-state index contributed by atoms with van der Waals surface area (Å²) in [6.07, 6.45) is 0.744. The Morgan fingerprint density at radius 3 is 2.61 bits per heavy atom. The molecule has 0 aliphatic rings. The van der Waals surface area contributed by atoms with Crippen LogP contribution in [-0.4, -0.2) is 30.9 Å². The summed E-state index contributed by atoms with van der Waals surface area (Å²) in [5.74, 6) is -0.285. The average molecular weight is 335 g/mol. The summed E-state index contributed by atoms with van der Waals surface area (Å²) in [5.41, 5.74) is 2.07. The van der Waals surface area contributed by atoms with E-state index in [1.165, 1.54) is 12.1 Å². The molecule has 0 bridgehead atoms. The van der Waals surface area contributed by atoms with Crippen molar-refractivity contribution in [3.8, 4) is 0 Å². The second-order valence-electron chi connectivity index (χ2n) is 5.53. The van der Waals surface area contributed by atoms with Gasteiger partial charge in [0.15, 0.2) is 0 Å². The molecule has 1 amide bonds. The van der Waals surface area contributed by atoms with Crippen LogP contribution in [0.3, 0.4) is 0 Å². The molecule has 0 fully saturated rings. The van der Waals surface area contributed by atoms with Crippen molar-refractivity contribution in [2.24, 2.45) is 0 Å². The van der Waals surface area contributed by atoms with Crippen molar-refractivity contribution in [1.29, 1.82) is 0 Å². The summed E-state index contributed by atoms with van der Waals surface area (Å²) in [6, 6.07) is 13.9. The zero-order valence-electron chi connectivity index (χ0n) is 13.1. The minimum Gasteiger partial charge on any atom is -0.355 e. The predicted molar refractivity (Wildman–Crippen MR) is 90.9 cm³/mol. The van der Waals surface area contributed by atoms with Crippen molar-refractivity contribution in [2.45, 2.75) is 13.0 Å². The number of rotatable bonds is 7. The molecule has 3 nitrogen and oxygen atoms in total.